The average Bonchev–Trinajstić information content (AvgIpc) is 2.59. The van der Waals surface area contributed by atoms with Crippen LogP contribution in [0.5, 0.6) is 0 Å². The summed E-state index contributed by atoms with van der Waals surface area (Å²) in [6.07, 6.45) is -12.8. The maximum atomic E-state index is 13.8. The van der Waals surface area contributed by atoms with Crippen molar-refractivity contribution in [2.24, 2.45) is 0 Å². The molecule has 1 unspecified atom stereocenters. The third-order valence-corrected chi connectivity index (χ3v) is 4.44. The summed E-state index contributed by atoms with van der Waals surface area (Å²) in [5.74, 6) is -37.4. The Morgan fingerprint density at radius 3 is 1.32 bits per heavy atom. The predicted octanol–water partition coefficient (Wildman–Crippen LogP) is 6.97. The summed E-state index contributed by atoms with van der Waals surface area (Å²) in [5, 5.41) is 9.63. The van der Waals surface area contributed by atoms with E-state index in [2.05, 4.69) is 0 Å². The Bertz CT molecular complexity index is 750. The molecule has 0 fully saturated rings. The fourth-order valence-electron chi connectivity index (χ4n) is 2.39. The number of benzene rings is 1. The molecule has 1 atom stereocenters. The summed E-state index contributed by atoms with van der Waals surface area (Å²) in [7, 11) is 0. The molecule has 0 bridgehead atoms. The van der Waals surface area contributed by atoms with Crippen molar-refractivity contribution >= 4 is 0 Å². The fraction of sp³-hybridized carbons (Fsp3) is 0.647. The van der Waals surface area contributed by atoms with Gasteiger partial charge in [-0.3, -0.25) is 0 Å². The molecule has 1 aromatic rings. The largest absolute Gasteiger partial charge is 0.460 e. The van der Waals surface area contributed by atoms with Crippen LogP contribution in [0.2, 0.25) is 0 Å². The van der Waals surface area contributed by atoms with Gasteiger partial charge >= 0.3 is 35.8 Å². The third-order valence-electron chi connectivity index (χ3n) is 4.44. The normalized spacial score (nSPS) is 16.0. The Morgan fingerprint density at radius 2 is 0.968 bits per heavy atom. The smallest absolute Gasteiger partial charge is 0.388 e. The Labute approximate surface area is 166 Å². The van der Waals surface area contributed by atoms with Crippen molar-refractivity contribution in [1.82, 2.24) is 0 Å². The lowest BCUT2D eigenvalue weighted by Crippen LogP contribution is -2.70. The van der Waals surface area contributed by atoms with E-state index < -0.39 is 53.9 Å². The summed E-state index contributed by atoms with van der Waals surface area (Å²) in [6, 6.07) is 4.34. The molecule has 31 heavy (non-hydrogen) atoms. The Hall–Kier alpha value is -1.73. The minimum Gasteiger partial charge on any atom is -0.388 e. The summed E-state index contributed by atoms with van der Waals surface area (Å²) >= 11 is 0. The molecule has 0 heterocycles. The van der Waals surface area contributed by atoms with Gasteiger partial charge in [-0.15, -0.1) is 0 Å². The lowest BCUT2D eigenvalue weighted by atomic mass is 9.90. The molecule has 1 aromatic carbocycles. The highest BCUT2D eigenvalue weighted by Gasteiger charge is 2.90. The molecule has 1 N–H and O–H groups in total. The second-order valence-electron chi connectivity index (χ2n) is 7.04. The van der Waals surface area contributed by atoms with Crippen LogP contribution in [-0.4, -0.2) is 40.9 Å². The molecular formula is C17H15F13O. The number of halogens is 13. The van der Waals surface area contributed by atoms with Gasteiger partial charge < -0.3 is 5.11 Å². The lowest BCUT2D eigenvalue weighted by Gasteiger charge is -2.40. The van der Waals surface area contributed by atoms with Crippen molar-refractivity contribution in [1.29, 1.82) is 0 Å². The monoisotopic (exact) mass is 482 g/mol. The summed E-state index contributed by atoms with van der Waals surface area (Å²) in [5.41, 5.74) is 0.0316. The van der Waals surface area contributed by atoms with Gasteiger partial charge in [-0.1, -0.05) is 38.1 Å². The van der Waals surface area contributed by atoms with Gasteiger partial charge in [0.05, 0.1) is 6.10 Å². The van der Waals surface area contributed by atoms with Crippen LogP contribution in [0, 0.1) is 0 Å². The Balaban J connectivity index is 3.29. The van der Waals surface area contributed by atoms with Gasteiger partial charge in [0.2, 0.25) is 0 Å². The van der Waals surface area contributed by atoms with E-state index in [4.69, 9.17) is 0 Å². The molecule has 0 aromatic heterocycles. The molecule has 0 saturated heterocycles. The van der Waals surface area contributed by atoms with Crippen LogP contribution >= 0.6 is 0 Å². The Kier molecular flexibility index (Phi) is 7.04. The minimum absolute atomic E-state index is 0.104. The first-order chi connectivity index (χ1) is 13.5. The van der Waals surface area contributed by atoms with Crippen LogP contribution in [0.3, 0.4) is 0 Å². The van der Waals surface area contributed by atoms with E-state index in [1.54, 1.807) is 13.8 Å². The SMILES string of the molecule is CC(C)c1ccc(C(O)CC(F)(F)C(F)(F)C(F)(F)C(F)(F)C(F)(F)C(F)(F)F)cc1. The number of aliphatic hydroxyl groups excluding tert-OH is 1. The molecule has 0 saturated carbocycles. The minimum atomic E-state index is -7.95. The summed E-state index contributed by atoms with van der Waals surface area (Å²) in [6.45, 7) is 3.39. The Morgan fingerprint density at radius 1 is 0.613 bits per heavy atom. The predicted molar refractivity (Wildman–Crippen MR) is 80.9 cm³/mol. The second-order valence-corrected chi connectivity index (χ2v) is 7.04. The highest BCUT2D eigenvalue weighted by atomic mass is 19.4. The van der Waals surface area contributed by atoms with Gasteiger partial charge in [-0.25, -0.2) is 0 Å². The lowest BCUT2D eigenvalue weighted by molar-refractivity contribution is -0.440. The van der Waals surface area contributed by atoms with Gasteiger partial charge in [0, 0.05) is 6.42 Å². The number of hydrogen-bond acceptors (Lipinski definition) is 1. The van der Waals surface area contributed by atoms with Crippen LogP contribution in [0.15, 0.2) is 24.3 Å². The number of alkyl halides is 13. The van der Waals surface area contributed by atoms with Gasteiger partial charge in [0.15, 0.2) is 0 Å². The first-order valence-electron chi connectivity index (χ1n) is 8.28. The van der Waals surface area contributed by atoms with Crippen LogP contribution in [0.25, 0.3) is 0 Å². The maximum absolute atomic E-state index is 13.8. The van der Waals surface area contributed by atoms with Crippen molar-refractivity contribution in [3.05, 3.63) is 35.4 Å². The molecule has 14 heteroatoms. The number of hydrogen-bond donors (Lipinski definition) is 1. The zero-order valence-electron chi connectivity index (χ0n) is 15.5. The molecule has 0 spiro atoms. The molecule has 1 rings (SSSR count). The highest BCUT2D eigenvalue weighted by Crippen LogP contribution is 2.61. The topological polar surface area (TPSA) is 20.2 Å². The van der Waals surface area contributed by atoms with Crippen LogP contribution in [0.1, 0.15) is 43.4 Å². The van der Waals surface area contributed by atoms with Crippen molar-refractivity contribution < 1.29 is 62.2 Å². The van der Waals surface area contributed by atoms with E-state index in [9.17, 15) is 62.2 Å². The quantitative estimate of drug-likeness (QED) is 0.397. The fourth-order valence-corrected chi connectivity index (χ4v) is 2.39. The summed E-state index contributed by atoms with van der Waals surface area (Å²) in [4.78, 5) is 0. The van der Waals surface area contributed by atoms with E-state index in [1.807, 2.05) is 0 Å². The third kappa shape index (κ3) is 4.44. The molecule has 1 nitrogen and oxygen atoms in total. The standard InChI is InChI=1S/C17H15F13O/c1-8(2)9-3-5-10(6-4-9)11(31)7-12(18,19)13(20,21)14(22,23)15(24,25)16(26,27)17(28,29)30/h3-6,8,11,31H,7H2,1-2H3. The number of rotatable bonds is 8. The maximum Gasteiger partial charge on any atom is 0.460 e. The summed E-state index contributed by atoms with van der Waals surface area (Å²) < 4.78 is 170. The zero-order valence-corrected chi connectivity index (χ0v) is 15.5. The van der Waals surface area contributed by atoms with Gasteiger partial charge in [-0.2, -0.15) is 57.1 Å². The number of aliphatic hydroxyl groups is 1. The second kappa shape index (κ2) is 8.00. The van der Waals surface area contributed by atoms with Crippen molar-refractivity contribution in [2.75, 3.05) is 0 Å². The molecule has 0 aliphatic rings. The van der Waals surface area contributed by atoms with Crippen LogP contribution in [0.4, 0.5) is 57.1 Å². The van der Waals surface area contributed by atoms with E-state index in [1.165, 1.54) is 12.1 Å². The van der Waals surface area contributed by atoms with Gasteiger partial charge in [-0.05, 0) is 17.0 Å². The van der Waals surface area contributed by atoms with Crippen molar-refractivity contribution in [3.63, 3.8) is 0 Å². The average molecular weight is 482 g/mol. The van der Waals surface area contributed by atoms with Crippen molar-refractivity contribution in [3.8, 4) is 0 Å². The van der Waals surface area contributed by atoms with Gasteiger partial charge in [0.1, 0.15) is 0 Å². The van der Waals surface area contributed by atoms with Crippen molar-refractivity contribution in [2.45, 2.75) is 68.1 Å². The molecule has 180 valence electrons. The molecule has 0 amide bonds. The molecular weight excluding hydrogens is 467 g/mol. The van der Waals surface area contributed by atoms with E-state index in [0.29, 0.717) is 5.56 Å². The van der Waals surface area contributed by atoms with Gasteiger partial charge in [0.25, 0.3) is 0 Å². The highest BCUT2D eigenvalue weighted by molar-refractivity contribution is 5.26. The van der Waals surface area contributed by atoms with Crippen LogP contribution in [-0.2, 0) is 0 Å². The van der Waals surface area contributed by atoms with E-state index in [-0.39, 0.29) is 5.92 Å². The zero-order chi connectivity index (χ0) is 24.8. The first-order valence-corrected chi connectivity index (χ1v) is 8.28. The van der Waals surface area contributed by atoms with Crippen LogP contribution < -0.4 is 0 Å². The van der Waals surface area contributed by atoms with E-state index in [0.717, 1.165) is 12.1 Å². The van der Waals surface area contributed by atoms with E-state index >= 15 is 0 Å². The molecule has 0 aliphatic heterocycles. The first kappa shape index (κ1) is 27.3. The molecule has 0 radical (unpaired) electrons. The molecule has 0 aliphatic carbocycles.